The molecular formula is C17H23NO6S. The first-order chi connectivity index (χ1) is 11.5. The number of carbonyl (C=O) groups is 2. The van der Waals surface area contributed by atoms with Crippen LogP contribution in [-0.2, 0) is 19.6 Å². The van der Waals surface area contributed by atoms with E-state index in [4.69, 9.17) is 9.47 Å². The van der Waals surface area contributed by atoms with Gasteiger partial charge in [-0.1, -0.05) is 20.8 Å². The second kappa shape index (κ2) is 7.13. The van der Waals surface area contributed by atoms with Crippen LogP contribution in [0.4, 0.5) is 0 Å². The van der Waals surface area contributed by atoms with Crippen LogP contribution in [0, 0.1) is 5.41 Å². The SMILES string of the molecule is COc1ccc(C(=O)OCC(=O)C(C)(C)C)cc1S(=O)(=O)NC1CC1. The Balaban J connectivity index is 2.20. The zero-order valence-corrected chi connectivity index (χ0v) is 15.6. The highest BCUT2D eigenvalue weighted by Gasteiger charge is 2.30. The summed E-state index contributed by atoms with van der Waals surface area (Å²) < 4.78 is 37.5. The molecule has 1 saturated carbocycles. The molecule has 1 fully saturated rings. The van der Waals surface area contributed by atoms with Gasteiger partial charge < -0.3 is 9.47 Å². The van der Waals surface area contributed by atoms with E-state index >= 15 is 0 Å². The zero-order chi connectivity index (χ0) is 18.8. The van der Waals surface area contributed by atoms with Gasteiger partial charge in [-0.25, -0.2) is 17.9 Å². The standard InChI is InChI=1S/C17H23NO6S/c1-17(2,3)15(19)10-24-16(20)11-5-8-13(23-4)14(9-11)25(21,22)18-12-6-7-12/h5,8-9,12,18H,6-7,10H2,1-4H3. The van der Waals surface area contributed by atoms with Crippen molar-refractivity contribution < 1.29 is 27.5 Å². The number of esters is 1. The van der Waals surface area contributed by atoms with E-state index in [1.54, 1.807) is 20.8 Å². The van der Waals surface area contributed by atoms with E-state index in [1.165, 1.54) is 25.3 Å². The largest absolute Gasteiger partial charge is 0.495 e. The molecule has 0 unspecified atom stereocenters. The maximum atomic E-state index is 12.4. The molecule has 1 aromatic rings. The van der Waals surface area contributed by atoms with Gasteiger partial charge in [-0.3, -0.25) is 4.79 Å². The number of Topliss-reactive ketones (excluding diaryl/α,β-unsaturated/α-hetero) is 1. The van der Waals surface area contributed by atoms with Crippen molar-refractivity contribution in [3.05, 3.63) is 23.8 Å². The van der Waals surface area contributed by atoms with Gasteiger partial charge in [0, 0.05) is 11.5 Å². The zero-order valence-electron chi connectivity index (χ0n) is 14.8. The molecule has 0 bridgehead atoms. The molecule has 0 aliphatic heterocycles. The van der Waals surface area contributed by atoms with Gasteiger partial charge >= 0.3 is 5.97 Å². The molecule has 1 aromatic carbocycles. The lowest BCUT2D eigenvalue weighted by Gasteiger charge is -2.16. The first-order valence-electron chi connectivity index (χ1n) is 7.95. The summed E-state index contributed by atoms with van der Waals surface area (Å²) in [5, 5.41) is 0. The van der Waals surface area contributed by atoms with Crippen molar-refractivity contribution in [3.8, 4) is 5.75 Å². The van der Waals surface area contributed by atoms with Crippen LogP contribution in [0.15, 0.2) is 23.1 Å². The normalized spacial score (nSPS) is 14.9. The molecule has 1 aliphatic carbocycles. The maximum absolute atomic E-state index is 12.4. The third-order valence-corrected chi connectivity index (χ3v) is 5.30. The summed E-state index contributed by atoms with van der Waals surface area (Å²) in [5.41, 5.74) is -0.582. The lowest BCUT2D eigenvalue weighted by molar-refractivity contribution is -0.129. The quantitative estimate of drug-likeness (QED) is 0.737. The van der Waals surface area contributed by atoms with E-state index in [0.717, 1.165) is 12.8 Å². The minimum Gasteiger partial charge on any atom is -0.495 e. The number of rotatable bonds is 7. The summed E-state index contributed by atoms with van der Waals surface area (Å²) in [6.45, 7) is 4.82. The number of nitrogens with one attached hydrogen (secondary N) is 1. The number of ether oxygens (including phenoxy) is 2. The Labute approximate surface area is 147 Å². The van der Waals surface area contributed by atoms with E-state index < -0.39 is 21.4 Å². The molecule has 0 amide bonds. The van der Waals surface area contributed by atoms with Crippen molar-refractivity contribution in [1.29, 1.82) is 0 Å². The van der Waals surface area contributed by atoms with Crippen LogP contribution in [0.25, 0.3) is 0 Å². The molecule has 0 spiro atoms. The number of methoxy groups -OCH3 is 1. The molecule has 0 heterocycles. The van der Waals surface area contributed by atoms with Crippen LogP contribution in [0.2, 0.25) is 0 Å². The Bertz CT molecular complexity index is 775. The fraction of sp³-hybridized carbons (Fsp3) is 0.529. The molecule has 1 N–H and O–H groups in total. The Morgan fingerprint density at radius 2 is 1.88 bits per heavy atom. The van der Waals surface area contributed by atoms with Crippen LogP contribution >= 0.6 is 0 Å². The van der Waals surface area contributed by atoms with Crippen LogP contribution in [0.1, 0.15) is 44.0 Å². The van der Waals surface area contributed by atoms with Gasteiger partial charge in [0.15, 0.2) is 12.4 Å². The molecule has 7 nitrogen and oxygen atoms in total. The van der Waals surface area contributed by atoms with Gasteiger partial charge in [0.2, 0.25) is 10.0 Å². The van der Waals surface area contributed by atoms with Gasteiger partial charge in [0.1, 0.15) is 10.6 Å². The predicted molar refractivity (Wildman–Crippen MR) is 91.1 cm³/mol. The van der Waals surface area contributed by atoms with Crippen molar-refractivity contribution in [2.45, 2.75) is 44.6 Å². The Morgan fingerprint density at radius 3 is 2.40 bits per heavy atom. The van der Waals surface area contributed by atoms with E-state index in [2.05, 4.69) is 4.72 Å². The van der Waals surface area contributed by atoms with E-state index in [1.807, 2.05) is 0 Å². The molecule has 8 heteroatoms. The van der Waals surface area contributed by atoms with Gasteiger partial charge in [-0.05, 0) is 31.0 Å². The fourth-order valence-corrected chi connectivity index (χ4v) is 3.43. The molecule has 1 aliphatic rings. The summed E-state index contributed by atoms with van der Waals surface area (Å²) in [4.78, 5) is 23.9. The predicted octanol–water partition coefficient (Wildman–Crippen LogP) is 1.91. The third-order valence-electron chi connectivity index (χ3n) is 3.76. The molecular weight excluding hydrogens is 346 g/mol. The van der Waals surface area contributed by atoms with Crippen molar-refractivity contribution >= 4 is 21.8 Å². The third kappa shape index (κ3) is 5.02. The van der Waals surface area contributed by atoms with Crippen LogP contribution in [0.5, 0.6) is 5.75 Å². The molecule has 0 aromatic heterocycles. The summed E-state index contributed by atoms with van der Waals surface area (Å²) in [6.07, 6.45) is 1.58. The van der Waals surface area contributed by atoms with Gasteiger partial charge in [-0.2, -0.15) is 0 Å². The minimum absolute atomic E-state index is 0.0404. The first-order valence-corrected chi connectivity index (χ1v) is 9.43. The summed E-state index contributed by atoms with van der Waals surface area (Å²) >= 11 is 0. The molecule has 0 saturated heterocycles. The maximum Gasteiger partial charge on any atom is 0.338 e. The minimum atomic E-state index is -3.80. The molecule has 25 heavy (non-hydrogen) atoms. The number of ketones is 1. The van der Waals surface area contributed by atoms with Crippen LogP contribution in [0.3, 0.4) is 0 Å². The van der Waals surface area contributed by atoms with Crippen molar-refractivity contribution in [1.82, 2.24) is 4.72 Å². The van der Waals surface area contributed by atoms with Gasteiger partial charge in [0.05, 0.1) is 12.7 Å². The summed E-state index contributed by atoms with van der Waals surface area (Å²) in [7, 11) is -2.45. The average Bonchev–Trinajstić information content (AvgIpc) is 3.33. The van der Waals surface area contributed by atoms with Crippen molar-refractivity contribution in [2.75, 3.05) is 13.7 Å². The topological polar surface area (TPSA) is 98.8 Å². The van der Waals surface area contributed by atoms with Gasteiger partial charge in [-0.15, -0.1) is 0 Å². The number of sulfonamides is 1. The van der Waals surface area contributed by atoms with Gasteiger partial charge in [0.25, 0.3) is 0 Å². The first kappa shape index (κ1) is 19.4. The Hall–Kier alpha value is -1.93. The highest BCUT2D eigenvalue weighted by Crippen LogP contribution is 2.28. The van der Waals surface area contributed by atoms with Crippen molar-refractivity contribution in [2.24, 2.45) is 5.41 Å². The second-order valence-electron chi connectivity index (χ2n) is 7.01. The molecule has 2 rings (SSSR count). The van der Waals surface area contributed by atoms with E-state index in [0.29, 0.717) is 0 Å². The van der Waals surface area contributed by atoms with E-state index in [-0.39, 0.29) is 34.6 Å². The summed E-state index contributed by atoms with van der Waals surface area (Å²) in [6, 6.07) is 3.92. The number of hydrogen-bond donors (Lipinski definition) is 1. The lowest BCUT2D eigenvalue weighted by Crippen LogP contribution is -2.27. The smallest absolute Gasteiger partial charge is 0.338 e. The number of carbonyl (C=O) groups excluding carboxylic acids is 2. The monoisotopic (exact) mass is 369 g/mol. The van der Waals surface area contributed by atoms with E-state index in [9.17, 15) is 18.0 Å². The van der Waals surface area contributed by atoms with Crippen LogP contribution in [-0.4, -0.2) is 39.9 Å². The lowest BCUT2D eigenvalue weighted by atomic mass is 9.91. The Kier molecular flexibility index (Phi) is 5.53. The average molecular weight is 369 g/mol. The summed E-state index contributed by atoms with van der Waals surface area (Å²) in [5.74, 6) is -0.851. The highest BCUT2D eigenvalue weighted by molar-refractivity contribution is 7.89. The molecule has 138 valence electrons. The van der Waals surface area contributed by atoms with Crippen LogP contribution < -0.4 is 9.46 Å². The number of hydrogen-bond acceptors (Lipinski definition) is 6. The highest BCUT2D eigenvalue weighted by atomic mass is 32.2. The Morgan fingerprint density at radius 1 is 1.24 bits per heavy atom. The molecule has 0 radical (unpaired) electrons. The molecule has 0 atom stereocenters. The number of benzene rings is 1. The van der Waals surface area contributed by atoms with Crippen molar-refractivity contribution in [3.63, 3.8) is 0 Å². The fourth-order valence-electron chi connectivity index (χ4n) is 1.93. The second-order valence-corrected chi connectivity index (χ2v) is 8.69.